The van der Waals surface area contributed by atoms with Gasteiger partial charge in [0.25, 0.3) is 0 Å². The van der Waals surface area contributed by atoms with Crippen molar-refractivity contribution in [2.75, 3.05) is 0 Å². The summed E-state index contributed by atoms with van der Waals surface area (Å²) in [6.45, 7) is 4.45. The largest absolute Gasteiger partial charge is 0.393 e. The molecule has 7 atom stereocenters. The highest BCUT2D eigenvalue weighted by molar-refractivity contribution is 5.89. The Morgan fingerprint density at radius 3 is 2.82 bits per heavy atom. The van der Waals surface area contributed by atoms with Gasteiger partial charge in [0.1, 0.15) is 5.78 Å². The van der Waals surface area contributed by atoms with E-state index in [-0.39, 0.29) is 23.0 Å². The number of amidine groups is 1. The summed E-state index contributed by atoms with van der Waals surface area (Å²) in [7, 11) is 0. The molecule has 3 N–H and O–H groups in total. The minimum atomic E-state index is -0.250. The van der Waals surface area contributed by atoms with Gasteiger partial charge in [-0.15, -0.1) is 0 Å². The van der Waals surface area contributed by atoms with Gasteiger partial charge in [0.2, 0.25) is 0 Å². The number of aliphatic hydroxyl groups is 1. The molecule has 0 aromatic rings. The Morgan fingerprint density at radius 2 is 2.05 bits per heavy atom. The van der Waals surface area contributed by atoms with Gasteiger partial charge in [0, 0.05) is 18.8 Å². The predicted octanol–water partition coefficient (Wildman–Crippen LogP) is 2.29. The van der Waals surface area contributed by atoms with Crippen LogP contribution in [0.3, 0.4) is 0 Å². The van der Waals surface area contributed by atoms with Crippen LogP contribution < -0.4 is 5.73 Å². The van der Waals surface area contributed by atoms with Crippen LogP contribution in [0.15, 0.2) is 4.99 Å². The van der Waals surface area contributed by atoms with Gasteiger partial charge in [-0.3, -0.25) is 9.79 Å². The average molecular weight is 304 g/mol. The molecule has 0 spiro atoms. The summed E-state index contributed by atoms with van der Waals surface area (Å²) in [6, 6.07) is 0. The third-order valence-corrected chi connectivity index (χ3v) is 7.52. The van der Waals surface area contributed by atoms with Crippen molar-refractivity contribution in [3.63, 3.8) is 0 Å². The Morgan fingerprint density at radius 1 is 1.27 bits per heavy atom. The molecule has 0 saturated heterocycles. The molecule has 0 radical (unpaired) electrons. The first-order valence-electron chi connectivity index (χ1n) is 8.88. The molecule has 0 aromatic carbocycles. The third-order valence-electron chi connectivity index (χ3n) is 7.52. The first-order chi connectivity index (χ1) is 10.3. The highest BCUT2D eigenvalue weighted by Crippen LogP contribution is 2.62. The molecule has 4 heteroatoms. The number of nitrogens with two attached hydrogens (primary N) is 1. The van der Waals surface area contributed by atoms with Crippen molar-refractivity contribution in [1.29, 1.82) is 0 Å². The second kappa shape index (κ2) is 4.56. The van der Waals surface area contributed by atoms with Crippen molar-refractivity contribution < 1.29 is 9.90 Å². The average Bonchev–Trinajstić information content (AvgIpc) is 2.73. The van der Waals surface area contributed by atoms with Crippen molar-refractivity contribution in [1.82, 2.24) is 0 Å². The number of aliphatic imine (C=N–C) groups is 1. The number of Topliss-reactive ketones (excluding diaryl/α,β-unsaturated/α-hetero) is 1. The van der Waals surface area contributed by atoms with E-state index in [9.17, 15) is 9.90 Å². The molecule has 122 valence electrons. The Balaban J connectivity index is 1.69. The maximum Gasteiger partial charge on any atom is 0.139 e. The van der Waals surface area contributed by atoms with Gasteiger partial charge in [-0.05, 0) is 62.2 Å². The lowest BCUT2D eigenvalue weighted by atomic mass is 9.45. The quantitative estimate of drug-likeness (QED) is 0.721. The lowest BCUT2D eigenvalue weighted by molar-refractivity contribution is -0.154. The number of carbonyl (C=O) groups excluding carboxylic acids is 1. The summed E-state index contributed by atoms with van der Waals surface area (Å²) in [5, 5.41) is 10.0. The molecule has 0 bridgehead atoms. The number of ketones is 1. The van der Waals surface area contributed by atoms with Crippen molar-refractivity contribution in [2.24, 2.45) is 39.8 Å². The summed E-state index contributed by atoms with van der Waals surface area (Å²) in [5.41, 5.74) is 5.87. The lowest BCUT2D eigenvalue weighted by Crippen LogP contribution is -2.58. The second-order valence-electron chi connectivity index (χ2n) is 8.76. The monoisotopic (exact) mass is 304 g/mol. The Bertz CT molecular complexity index is 545. The SMILES string of the molecule is CC12CC(=O)C3C(CCC4C[C@H](O)CCC43C)C1CC(N)=N2. The van der Waals surface area contributed by atoms with Crippen LogP contribution >= 0.6 is 0 Å². The normalized spacial score (nSPS) is 54.2. The molecule has 4 rings (SSSR count). The number of hydrogen-bond acceptors (Lipinski definition) is 4. The molecule has 4 aliphatic rings. The molecule has 3 aliphatic carbocycles. The maximum absolute atomic E-state index is 13.1. The maximum atomic E-state index is 13.1. The topological polar surface area (TPSA) is 75.7 Å². The zero-order valence-electron chi connectivity index (χ0n) is 13.7. The number of nitrogens with zero attached hydrogens (tertiary/aromatic N) is 1. The fourth-order valence-electron chi connectivity index (χ4n) is 6.49. The number of rotatable bonds is 0. The Labute approximate surface area is 132 Å². The van der Waals surface area contributed by atoms with Gasteiger partial charge in [0.05, 0.1) is 17.5 Å². The van der Waals surface area contributed by atoms with E-state index < -0.39 is 0 Å². The predicted molar refractivity (Wildman–Crippen MR) is 85.4 cm³/mol. The molecule has 3 saturated carbocycles. The Hall–Kier alpha value is -0.900. The van der Waals surface area contributed by atoms with Gasteiger partial charge in [-0.2, -0.15) is 0 Å². The highest BCUT2D eigenvalue weighted by Gasteiger charge is 2.61. The molecule has 3 fully saturated rings. The minimum Gasteiger partial charge on any atom is -0.393 e. The minimum absolute atomic E-state index is 0.0813. The first kappa shape index (κ1) is 14.7. The molecule has 6 unspecified atom stereocenters. The number of carbonyl (C=O) groups is 1. The van der Waals surface area contributed by atoms with Gasteiger partial charge in [-0.1, -0.05) is 6.92 Å². The van der Waals surface area contributed by atoms with Crippen molar-refractivity contribution in [3.05, 3.63) is 0 Å². The zero-order valence-corrected chi connectivity index (χ0v) is 13.7. The number of fused-ring (bicyclic) bond motifs is 5. The van der Waals surface area contributed by atoms with Gasteiger partial charge < -0.3 is 10.8 Å². The molecule has 0 aromatic heterocycles. The van der Waals surface area contributed by atoms with E-state index in [0.717, 1.165) is 44.4 Å². The fraction of sp³-hybridized carbons (Fsp3) is 0.889. The standard InChI is InChI=1S/C18H28N2O2/c1-17-6-5-11(21)7-10(17)3-4-12-13-8-15(19)20-18(13,2)9-14(22)16(12)17/h10-13,16,21H,3-9H2,1-2H3,(H2,19,20)/t10?,11-,12?,13?,16?,17?,18?/m1/s1. The van der Waals surface area contributed by atoms with E-state index in [1.807, 2.05) is 0 Å². The van der Waals surface area contributed by atoms with E-state index in [1.165, 1.54) is 0 Å². The van der Waals surface area contributed by atoms with E-state index in [1.54, 1.807) is 0 Å². The molecule has 22 heavy (non-hydrogen) atoms. The molecule has 1 heterocycles. The van der Waals surface area contributed by atoms with Crippen LogP contribution in [0.5, 0.6) is 0 Å². The Kier molecular flexibility index (Phi) is 3.04. The second-order valence-corrected chi connectivity index (χ2v) is 8.76. The molecular weight excluding hydrogens is 276 g/mol. The van der Waals surface area contributed by atoms with Crippen LogP contribution in [0.25, 0.3) is 0 Å². The summed E-state index contributed by atoms with van der Waals surface area (Å²) >= 11 is 0. The summed E-state index contributed by atoms with van der Waals surface area (Å²) in [6.07, 6.45) is 6.24. The number of aliphatic hydroxyl groups excluding tert-OH is 1. The molecule has 0 amide bonds. The van der Waals surface area contributed by atoms with Crippen LogP contribution in [0, 0.1) is 29.1 Å². The van der Waals surface area contributed by atoms with E-state index >= 15 is 0 Å². The van der Waals surface area contributed by atoms with Crippen LogP contribution in [-0.2, 0) is 4.79 Å². The fourth-order valence-corrected chi connectivity index (χ4v) is 6.49. The zero-order chi connectivity index (χ0) is 15.7. The van der Waals surface area contributed by atoms with Gasteiger partial charge >= 0.3 is 0 Å². The van der Waals surface area contributed by atoms with Crippen molar-refractivity contribution in [2.45, 2.75) is 70.4 Å². The smallest absolute Gasteiger partial charge is 0.139 e. The van der Waals surface area contributed by atoms with Crippen molar-refractivity contribution in [3.8, 4) is 0 Å². The van der Waals surface area contributed by atoms with Crippen LogP contribution in [-0.4, -0.2) is 28.4 Å². The summed E-state index contributed by atoms with van der Waals surface area (Å²) in [4.78, 5) is 17.7. The van der Waals surface area contributed by atoms with E-state index in [4.69, 9.17) is 5.73 Å². The number of hydrogen-bond donors (Lipinski definition) is 2. The summed E-state index contributed by atoms with van der Waals surface area (Å²) < 4.78 is 0. The van der Waals surface area contributed by atoms with Crippen LogP contribution in [0.1, 0.15) is 58.8 Å². The van der Waals surface area contributed by atoms with Gasteiger partial charge in [-0.25, -0.2) is 0 Å². The van der Waals surface area contributed by atoms with E-state index in [0.29, 0.717) is 30.0 Å². The molecular formula is C18H28N2O2. The highest BCUT2D eigenvalue weighted by atomic mass is 16.3. The summed E-state index contributed by atoms with van der Waals surface area (Å²) in [5.74, 6) is 2.70. The first-order valence-corrected chi connectivity index (χ1v) is 8.88. The molecule has 1 aliphatic heterocycles. The molecule has 4 nitrogen and oxygen atoms in total. The van der Waals surface area contributed by atoms with Crippen molar-refractivity contribution >= 4 is 11.6 Å². The van der Waals surface area contributed by atoms with Gasteiger partial charge in [0.15, 0.2) is 0 Å². The van der Waals surface area contributed by atoms with Crippen LogP contribution in [0.2, 0.25) is 0 Å². The third kappa shape index (κ3) is 1.85. The van der Waals surface area contributed by atoms with E-state index in [2.05, 4.69) is 18.8 Å². The van der Waals surface area contributed by atoms with Crippen LogP contribution in [0.4, 0.5) is 0 Å². The lowest BCUT2D eigenvalue weighted by Gasteiger charge is -2.58.